The van der Waals surface area contributed by atoms with Crippen molar-refractivity contribution in [2.75, 3.05) is 0 Å². The van der Waals surface area contributed by atoms with Gasteiger partial charge in [0.05, 0.1) is 0 Å². The van der Waals surface area contributed by atoms with Crippen LogP contribution in [-0.4, -0.2) is 11.1 Å². The van der Waals surface area contributed by atoms with Gasteiger partial charge in [0, 0.05) is 0 Å². The van der Waals surface area contributed by atoms with Crippen LogP contribution < -0.4 is 0 Å². The van der Waals surface area contributed by atoms with Crippen molar-refractivity contribution in [2.24, 2.45) is 0 Å². The predicted octanol–water partition coefficient (Wildman–Crippen LogP) is 4.55. The van der Waals surface area contributed by atoms with E-state index in [1.54, 1.807) is 0 Å². The Balaban J connectivity index is 2.05. The second-order valence-electron chi connectivity index (χ2n) is 5.49. The number of hydrogen-bond donors (Lipinski definition) is 1. The number of benzene rings is 3. The Morgan fingerprint density at radius 1 is 0.727 bits per heavy atom. The first kappa shape index (κ1) is 12.8. The zero-order valence-electron chi connectivity index (χ0n) is 11.9. The van der Waals surface area contributed by atoms with E-state index >= 15 is 0 Å². The van der Waals surface area contributed by atoms with E-state index < -0.39 is 11.9 Å². The van der Waals surface area contributed by atoms with Gasteiger partial charge in [-0.15, -0.1) is 0 Å². The summed E-state index contributed by atoms with van der Waals surface area (Å²) < 4.78 is 0. The van der Waals surface area contributed by atoms with Crippen molar-refractivity contribution < 1.29 is 9.90 Å². The lowest BCUT2D eigenvalue weighted by Gasteiger charge is -2.11. The van der Waals surface area contributed by atoms with Gasteiger partial charge in [0.25, 0.3) is 0 Å². The van der Waals surface area contributed by atoms with Crippen molar-refractivity contribution in [3.63, 3.8) is 0 Å². The average molecular weight is 286 g/mol. The van der Waals surface area contributed by atoms with Gasteiger partial charge in [0.1, 0.15) is 5.92 Å². The molecular formula is C20H14O2. The van der Waals surface area contributed by atoms with Crippen molar-refractivity contribution in [1.29, 1.82) is 0 Å². The first-order chi connectivity index (χ1) is 10.8. The maximum atomic E-state index is 11.8. The highest BCUT2D eigenvalue weighted by Gasteiger charge is 2.34. The molecule has 3 aromatic rings. The lowest BCUT2D eigenvalue weighted by atomic mass is 9.93. The molecule has 22 heavy (non-hydrogen) atoms. The molecule has 1 aliphatic rings. The SMILES string of the molecule is O=C(O)[C@H]1c2ccccc2-c2c(-c3ccccc3)cccc21. The molecule has 0 saturated heterocycles. The van der Waals surface area contributed by atoms with Crippen molar-refractivity contribution in [3.05, 3.63) is 83.9 Å². The first-order valence-electron chi connectivity index (χ1n) is 7.28. The number of aliphatic carboxylic acids is 1. The van der Waals surface area contributed by atoms with Crippen LogP contribution in [0.2, 0.25) is 0 Å². The Morgan fingerprint density at radius 3 is 2.14 bits per heavy atom. The smallest absolute Gasteiger partial charge is 0.315 e. The van der Waals surface area contributed by atoms with Gasteiger partial charge < -0.3 is 5.11 Å². The summed E-state index contributed by atoms with van der Waals surface area (Å²) in [6.45, 7) is 0. The molecule has 1 N–H and O–H groups in total. The van der Waals surface area contributed by atoms with E-state index in [0.717, 1.165) is 33.4 Å². The Kier molecular flexibility index (Phi) is 2.83. The molecule has 0 aromatic heterocycles. The summed E-state index contributed by atoms with van der Waals surface area (Å²) in [6, 6.07) is 23.9. The van der Waals surface area contributed by atoms with Crippen LogP contribution in [-0.2, 0) is 4.79 Å². The lowest BCUT2D eigenvalue weighted by Crippen LogP contribution is -2.09. The van der Waals surface area contributed by atoms with Gasteiger partial charge in [-0.1, -0.05) is 72.8 Å². The highest BCUT2D eigenvalue weighted by Crippen LogP contribution is 2.48. The van der Waals surface area contributed by atoms with Crippen LogP contribution in [0.3, 0.4) is 0 Å². The minimum Gasteiger partial charge on any atom is -0.481 e. The Morgan fingerprint density at radius 2 is 1.36 bits per heavy atom. The summed E-state index contributed by atoms with van der Waals surface area (Å²) >= 11 is 0. The third-order valence-corrected chi connectivity index (χ3v) is 4.28. The van der Waals surface area contributed by atoms with Gasteiger partial charge in [-0.05, 0) is 33.4 Å². The van der Waals surface area contributed by atoms with E-state index in [2.05, 4.69) is 18.2 Å². The molecule has 0 spiro atoms. The third kappa shape index (κ3) is 1.77. The summed E-state index contributed by atoms with van der Waals surface area (Å²) in [5.74, 6) is -1.37. The van der Waals surface area contributed by atoms with Gasteiger partial charge in [0.15, 0.2) is 0 Å². The average Bonchev–Trinajstić information content (AvgIpc) is 2.90. The number of rotatable bonds is 2. The van der Waals surface area contributed by atoms with Gasteiger partial charge in [-0.25, -0.2) is 0 Å². The number of hydrogen-bond acceptors (Lipinski definition) is 1. The maximum absolute atomic E-state index is 11.8. The highest BCUT2D eigenvalue weighted by molar-refractivity contribution is 5.98. The molecule has 1 aliphatic carbocycles. The van der Waals surface area contributed by atoms with E-state index in [9.17, 15) is 9.90 Å². The molecule has 2 nitrogen and oxygen atoms in total. The fourth-order valence-electron chi connectivity index (χ4n) is 3.38. The Labute approximate surface area is 128 Å². The molecule has 0 radical (unpaired) electrons. The number of fused-ring (bicyclic) bond motifs is 3. The molecule has 0 amide bonds. The molecule has 106 valence electrons. The quantitative estimate of drug-likeness (QED) is 0.750. The summed E-state index contributed by atoms with van der Waals surface area (Å²) in [5, 5.41) is 9.67. The van der Waals surface area contributed by atoms with E-state index in [4.69, 9.17) is 0 Å². The van der Waals surface area contributed by atoms with E-state index in [0.29, 0.717) is 0 Å². The molecule has 0 aliphatic heterocycles. The Hall–Kier alpha value is -2.87. The number of carboxylic acids is 1. The standard InChI is InChI=1S/C20H14O2/c21-20(22)19-16-10-5-4-9-15(16)18-14(11-6-12-17(18)19)13-7-2-1-3-8-13/h1-12,19H,(H,21,22)/t19-/m0/s1. The zero-order valence-corrected chi connectivity index (χ0v) is 11.9. The van der Waals surface area contributed by atoms with Crippen molar-refractivity contribution in [3.8, 4) is 22.3 Å². The lowest BCUT2D eigenvalue weighted by molar-refractivity contribution is -0.137. The van der Waals surface area contributed by atoms with Crippen LogP contribution in [0.15, 0.2) is 72.8 Å². The summed E-state index contributed by atoms with van der Waals surface area (Å²) in [5.41, 5.74) is 6.05. The highest BCUT2D eigenvalue weighted by atomic mass is 16.4. The molecule has 2 heteroatoms. The first-order valence-corrected chi connectivity index (χ1v) is 7.28. The van der Waals surface area contributed by atoms with Gasteiger partial charge in [-0.3, -0.25) is 4.79 Å². The second-order valence-corrected chi connectivity index (χ2v) is 5.49. The van der Waals surface area contributed by atoms with Crippen LogP contribution in [0.4, 0.5) is 0 Å². The van der Waals surface area contributed by atoms with Gasteiger partial charge in [-0.2, -0.15) is 0 Å². The van der Waals surface area contributed by atoms with Crippen molar-refractivity contribution in [2.45, 2.75) is 5.92 Å². The van der Waals surface area contributed by atoms with Crippen LogP contribution >= 0.6 is 0 Å². The van der Waals surface area contributed by atoms with Crippen molar-refractivity contribution in [1.82, 2.24) is 0 Å². The number of carboxylic acid groups (broad SMARTS) is 1. The van der Waals surface area contributed by atoms with E-state index in [1.165, 1.54) is 0 Å². The normalized spacial score (nSPS) is 15.2. The summed E-state index contributed by atoms with van der Waals surface area (Å²) in [6.07, 6.45) is 0. The molecule has 3 aromatic carbocycles. The second kappa shape index (κ2) is 4.85. The molecule has 4 rings (SSSR count). The Bertz CT molecular complexity index is 866. The van der Waals surface area contributed by atoms with Crippen LogP contribution in [0.25, 0.3) is 22.3 Å². The summed E-state index contributed by atoms with van der Waals surface area (Å²) in [7, 11) is 0. The maximum Gasteiger partial charge on any atom is 0.315 e. The molecule has 0 heterocycles. The van der Waals surface area contributed by atoms with Crippen molar-refractivity contribution >= 4 is 5.97 Å². The van der Waals surface area contributed by atoms with Crippen LogP contribution in [0, 0.1) is 0 Å². The fourth-order valence-corrected chi connectivity index (χ4v) is 3.38. The molecule has 0 unspecified atom stereocenters. The molecule has 0 bridgehead atoms. The minimum absolute atomic E-state index is 0.574. The molecule has 1 atom stereocenters. The molecule has 0 saturated carbocycles. The van der Waals surface area contributed by atoms with E-state index in [-0.39, 0.29) is 0 Å². The predicted molar refractivity (Wildman–Crippen MR) is 86.8 cm³/mol. The van der Waals surface area contributed by atoms with Crippen LogP contribution in [0.1, 0.15) is 17.0 Å². The third-order valence-electron chi connectivity index (χ3n) is 4.28. The number of carbonyl (C=O) groups is 1. The largest absolute Gasteiger partial charge is 0.481 e. The zero-order chi connectivity index (χ0) is 15.1. The molecule has 0 fully saturated rings. The molecular weight excluding hydrogens is 272 g/mol. The minimum atomic E-state index is -0.795. The van der Waals surface area contributed by atoms with E-state index in [1.807, 2.05) is 54.6 Å². The monoisotopic (exact) mass is 286 g/mol. The summed E-state index contributed by atoms with van der Waals surface area (Å²) in [4.78, 5) is 11.8. The van der Waals surface area contributed by atoms with Gasteiger partial charge in [0.2, 0.25) is 0 Å². The van der Waals surface area contributed by atoms with Gasteiger partial charge >= 0.3 is 5.97 Å². The fraction of sp³-hybridized carbons (Fsp3) is 0.0500. The topological polar surface area (TPSA) is 37.3 Å². The van der Waals surface area contributed by atoms with Crippen LogP contribution in [0.5, 0.6) is 0 Å².